The fraction of sp³-hybridized carbons (Fsp3) is 1.00. The van der Waals surface area contributed by atoms with Gasteiger partial charge in [-0.1, -0.05) is 64.4 Å². The number of methoxy groups -OCH3 is 2. The van der Waals surface area contributed by atoms with Crippen molar-refractivity contribution >= 4 is 45.2 Å². The third kappa shape index (κ3) is 2.74. The number of halogens is 2. The SMILES string of the molecule is COC(OC)(C(I)I)C1CCCCC1. The van der Waals surface area contributed by atoms with Crippen molar-refractivity contribution in [3.05, 3.63) is 0 Å². The van der Waals surface area contributed by atoms with E-state index in [1.807, 2.05) is 0 Å². The van der Waals surface area contributed by atoms with Gasteiger partial charge in [-0.3, -0.25) is 0 Å². The van der Waals surface area contributed by atoms with E-state index in [1.165, 1.54) is 32.1 Å². The number of hydrogen-bond donors (Lipinski definition) is 0. The summed E-state index contributed by atoms with van der Waals surface area (Å²) < 4.78 is 11.7. The average Bonchev–Trinajstić information content (AvgIpc) is 2.22. The molecule has 0 N–H and O–H groups in total. The second-order valence-corrected chi connectivity index (χ2v) is 8.64. The van der Waals surface area contributed by atoms with E-state index in [2.05, 4.69) is 45.2 Å². The van der Waals surface area contributed by atoms with Crippen molar-refractivity contribution in [1.82, 2.24) is 0 Å². The lowest BCUT2D eigenvalue weighted by molar-refractivity contribution is -0.229. The Morgan fingerprint density at radius 3 is 1.93 bits per heavy atom. The fourth-order valence-electron chi connectivity index (χ4n) is 2.28. The van der Waals surface area contributed by atoms with Gasteiger partial charge in [0, 0.05) is 20.1 Å². The van der Waals surface area contributed by atoms with Gasteiger partial charge in [0.15, 0.2) is 5.79 Å². The molecular formula is C10H18I2O2. The van der Waals surface area contributed by atoms with Gasteiger partial charge < -0.3 is 9.47 Å². The fourth-order valence-corrected chi connectivity index (χ4v) is 4.31. The van der Waals surface area contributed by atoms with Crippen LogP contribution in [0.15, 0.2) is 0 Å². The first kappa shape index (κ1) is 13.4. The van der Waals surface area contributed by atoms with Crippen molar-refractivity contribution in [2.75, 3.05) is 14.2 Å². The van der Waals surface area contributed by atoms with Gasteiger partial charge >= 0.3 is 0 Å². The summed E-state index contributed by atoms with van der Waals surface area (Å²) >= 11 is 4.79. The number of ether oxygens (including phenoxy) is 2. The number of rotatable bonds is 4. The van der Waals surface area contributed by atoms with Crippen LogP contribution in [0.25, 0.3) is 0 Å². The van der Waals surface area contributed by atoms with E-state index in [0.717, 1.165) is 0 Å². The first-order valence-corrected chi connectivity index (χ1v) is 7.55. The van der Waals surface area contributed by atoms with Crippen LogP contribution in [0.2, 0.25) is 0 Å². The van der Waals surface area contributed by atoms with Gasteiger partial charge in [0.05, 0.1) is 0 Å². The molecule has 0 aliphatic heterocycles. The van der Waals surface area contributed by atoms with Gasteiger partial charge in [-0.25, -0.2) is 0 Å². The largest absolute Gasteiger partial charge is 0.351 e. The Morgan fingerprint density at radius 2 is 1.57 bits per heavy atom. The monoisotopic (exact) mass is 424 g/mol. The molecule has 1 fully saturated rings. The molecular weight excluding hydrogens is 406 g/mol. The zero-order valence-electron chi connectivity index (χ0n) is 8.76. The molecule has 84 valence electrons. The molecule has 0 aromatic carbocycles. The van der Waals surface area contributed by atoms with Crippen LogP contribution >= 0.6 is 45.2 Å². The molecule has 0 spiro atoms. The highest BCUT2D eigenvalue weighted by atomic mass is 127. The van der Waals surface area contributed by atoms with E-state index < -0.39 is 0 Å². The van der Waals surface area contributed by atoms with Gasteiger partial charge in [0.2, 0.25) is 0 Å². The van der Waals surface area contributed by atoms with E-state index in [4.69, 9.17) is 9.47 Å². The maximum atomic E-state index is 5.65. The normalized spacial score (nSPS) is 20.4. The standard InChI is InChI=1S/C10H18I2O2/c1-13-10(14-2,9(11)12)8-6-4-3-5-7-8/h8-9H,3-7H2,1-2H3. The number of alkyl halides is 2. The quantitative estimate of drug-likeness (QED) is 0.389. The highest BCUT2D eigenvalue weighted by Gasteiger charge is 2.44. The lowest BCUT2D eigenvalue weighted by Crippen LogP contribution is -2.48. The van der Waals surface area contributed by atoms with Crippen molar-refractivity contribution < 1.29 is 9.47 Å². The molecule has 1 aliphatic carbocycles. The summed E-state index contributed by atoms with van der Waals surface area (Å²) in [5.74, 6) is 0.187. The predicted molar refractivity (Wildman–Crippen MR) is 75.2 cm³/mol. The highest BCUT2D eigenvalue weighted by molar-refractivity contribution is 14.2. The smallest absolute Gasteiger partial charge is 0.191 e. The van der Waals surface area contributed by atoms with Crippen LogP contribution in [-0.4, -0.2) is 21.9 Å². The van der Waals surface area contributed by atoms with Gasteiger partial charge in [0.1, 0.15) is 1.93 Å². The third-order valence-corrected chi connectivity index (χ3v) is 4.85. The summed E-state index contributed by atoms with van der Waals surface area (Å²) in [4.78, 5) is 0. The van der Waals surface area contributed by atoms with E-state index in [1.54, 1.807) is 14.2 Å². The molecule has 0 aromatic heterocycles. The average molecular weight is 424 g/mol. The minimum atomic E-state index is -0.373. The molecule has 0 bridgehead atoms. The minimum Gasteiger partial charge on any atom is -0.351 e. The Balaban J connectivity index is 2.73. The second kappa shape index (κ2) is 6.20. The van der Waals surface area contributed by atoms with E-state index in [-0.39, 0.29) is 5.79 Å². The van der Waals surface area contributed by atoms with Crippen LogP contribution in [0.3, 0.4) is 0 Å². The molecule has 2 nitrogen and oxygen atoms in total. The van der Waals surface area contributed by atoms with Crippen LogP contribution in [-0.2, 0) is 9.47 Å². The lowest BCUT2D eigenvalue weighted by Gasteiger charge is -2.41. The highest BCUT2D eigenvalue weighted by Crippen LogP contribution is 2.42. The summed E-state index contributed by atoms with van der Waals surface area (Å²) in [5, 5.41) is 0. The maximum Gasteiger partial charge on any atom is 0.191 e. The molecule has 0 amide bonds. The summed E-state index contributed by atoms with van der Waals surface area (Å²) in [7, 11) is 3.53. The van der Waals surface area contributed by atoms with Crippen molar-refractivity contribution in [1.29, 1.82) is 0 Å². The zero-order chi connectivity index (χ0) is 10.6. The summed E-state index contributed by atoms with van der Waals surface area (Å²) in [5.41, 5.74) is 0. The van der Waals surface area contributed by atoms with E-state index in [0.29, 0.717) is 7.85 Å². The molecule has 0 atom stereocenters. The van der Waals surface area contributed by atoms with E-state index >= 15 is 0 Å². The van der Waals surface area contributed by atoms with Crippen molar-refractivity contribution in [2.24, 2.45) is 5.92 Å². The van der Waals surface area contributed by atoms with Crippen molar-refractivity contribution in [3.63, 3.8) is 0 Å². The summed E-state index contributed by atoms with van der Waals surface area (Å²) in [6, 6.07) is 0. The topological polar surface area (TPSA) is 18.5 Å². The molecule has 1 aliphatic rings. The Morgan fingerprint density at radius 1 is 1.07 bits per heavy atom. The van der Waals surface area contributed by atoms with Crippen molar-refractivity contribution in [3.8, 4) is 0 Å². The minimum absolute atomic E-state index is 0.357. The maximum absolute atomic E-state index is 5.65. The van der Waals surface area contributed by atoms with Gasteiger partial charge in [-0.2, -0.15) is 0 Å². The molecule has 1 saturated carbocycles. The molecule has 14 heavy (non-hydrogen) atoms. The van der Waals surface area contributed by atoms with Gasteiger partial charge in [0.25, 0.3) is 0 Å². The predicted octanol–water partition coefficient (Wildman–Crippen LogP) is 3.75. The zero-order valence-corrected chi connectivity index (χ0v) is 13.1. The first-order valence-electron chi connectivity index (χ1n) is 5.06. The second-order valence-electron chi connectivity index (χ2n) is 3.77. The third-order valence-electron chi connectivity index (χ3n) is 3.12. The van der Waals surface area contributed by atoms with Gasteiger partial charge in [-0.15, -0.1) is 0 Å². The van der Waals surface area contributed by atoms with E-state index in [9.17, 15) is 0 Å². The molecule has 0 aromatic rings. The summed E-state index contributed by atoms with van der Waals surface area (Å²) in [6.45, 7) is 0. The Kier molecular flexibility index (Phi) is 5.95. The molecule has 0 saturated heterocycles. The molecule has 0 heterocycles. The van der Waals surface area contributed by atoms with Crippen LogP contribution < -0.4 is 0 Å². The van der Waals surface area contributed by atoms with Crippen LogP contribution in [0, 0.1) is 5.92 Å². The molecule has 0 radical (unpaired) electrons. The molecule has 0 unspecified atom stereocenters. The van der Waals surface area contributed by atoms with Gasteiger partial charge in [-0.05, 0) is 12.8 Å². The van der Waals surface area contributed by atoms with Crippen LogP contribution in [0.1, 0.15) is 32.1 Å². The molecule has 1 rings (SSSR count). The summed E-state index contributed by atoms with van der Waals surface area (Å²) in [6.07, 6.45) is 6.49. The molecule has 4 heteroatoms. The number of hydrogen-bond acceptors (Lipinski definition) is 2. The van der Waals surface area contributed by atoms with Crippen molar-refractivity contribution in [2.45, 2.75) is 39.8 Å². The Labute approximate surface area is 114 Å². The Bertz CT molecular complexity index is 164. The lowest BCUT2D eigenvalue weighted by atomic mass is 9.83. The van der Waals surface area contributed by atoms with Crippen LogP contribution in [0.4, 0.5) is 0 Å². The Hall–Kier alpha value is 1.38. The van der Waals surface area contributed by atoms with Crippen LogP contribution in [0.5, 0.6) is 0 Å². The first-order chi connectivity index (χ1) is 6.67.